The Morgan fingerprint density at radius 3 is 2.73 bits per heavy atom. The molecule has 2 aromatic heterocycles. The van der Waals surface area contributed by atoms with Crippen LogP contribution in [-0.2, 0) is 11.0 Å². The van der Waals surface area contributed by atoms with E-state index in [1.54, 1.807) is 30.8 Å². The molecule has 9 heteroatoms. The second-order valence-electron chi connectivity index (χ2n) is 4.72. The van der Waals surface area contributed by atoms with Gasteiger partial charge in [-0.05, 0) is 13.3 Å². The SMILES string of the molecule is CC[C@@H](NC(=O)[C@H](C)n1ccnc1)c1nc(C(F)(F)F)cs1. The van der Waals surface area contributed by atoms with E-state index in [1.165, 1.54) is 6.33 Å². The molecule has 2 atom stereocenters. The Morgan fingerprint density at radius 2 is 2.23 bits per heavy atom. The van der Waals surface area contributed by atoms with Crippen molar-refractivity contribution in [3.63, 3.8) is 0 Å². The van der Waals surface area contributed by atoms with Gasteiger partial charge < -0.3 is 9.88 Å². The highest BCUT2D eigenvalue weighted by Crippen LogP contribution is 2.32. The minimum absolute atomic E-state index is 0.251. The minimum atomic E-state index is -4.47. The molecule has 0 saturated heterocycles. The van der Waals surface area contributed by atoms with Crippen molar-refractivity contribution in [2.24, 2.45) is 0 Å². The molecular formula is C13H15F3N4OS. The molecule has 120 valence electrons. The molecule has 0 radical (unpaired) electrons. The van der Waals surface area contributed by atoms with Crippen LogP contribution in [0, 0.1) is 0 Å². The lowest BCUT2D eigenvalue weighted by Crippen LogP contribution is -2.33. The second kappa shape index (κ2) is 6.47. The molecule has 0 aliphatic carbocycles. The van der Waals surface area contributed by atoms with Gasteiger partial charge in [0.25, 0.3) is 0 Å². The number of carbonyl (C=O) groups excluding carboxylic acids is 1. The molecule has 1 amide bonds. The number of nitrogens with one attached hydrogen (secondary N) is 1. The van der Waals surface area contributed by atoms with Gasteiger partial charge in [-0.3, -0.25) is 4.79 Å². The van der Waals surface area contributed by atoms with Crippen LogP contribution < -0.4 is 5.32 Å². The summed E-state index contributed by atoms with van der Waals surface area (Å²) in [4.78, 5) is 19.6. The van der Waals surface area contributed by atoms with Crippen LogP contribution in [0.5, 0.6) is 0 Å². The molecule has 0 unspecified atom stereocenters. The molecule has 22 heavy (non-hydrogen) atoms. The van der Waals surface area contributed by atoms with Crippen molar-refractivity contribution in [2.45, 2.75) is 38.5 Å². The zero-order valence-electron chi connectivity index (χ0n) is 12.0. The van der Waals surface area contributed by atoms with Crippen LogP contribution in [0.4, 0.5) is 13.2 Å². The minimum Gasteiger partial charge on any atom is -0.345 e. The fourth-order valence-corrected chi connectivity index (χ4v) is 2.80. The summed E-state index contributed by atoms with van der Waals surface area (Å²) in [6.45, 7) is 3.47. The van der Waals surface area contributed by atoms with Gasteiger partial charge in [0.15, 0.2) is 5.69 Å². The first-order chi connectivity index (χ1) is 10.3. The predicted octanol–water partition coefficient (Wildman–Crippen LogP) is 3.19. The van der Waals surface area contributed by atoms with E-state index in [2.05, 4.69) is 15.3 Å². The van der Waals surface area contributed by atoms with Gasteiger partial charge in [-0.1, -0.05) is 6.92 Å². The Labute approximate surface area is 129 Å². The number of carbonyl (C=O) groups is 1. The third-order valence-electron chi connectivity index (χ3n) is 3.19. The van der Waals surface area contributed by atoms with Crippen LogP contribution in [0.25, 0.3) is 0 Å². The van der Waals surface area contributed by atoms with Crippen molar-refractivity contribution in [1.29, 1.82) is 0 Å². The molecule has 2 aromatic rings. The molecule has 1 N–H and O–H groups in total. The molecule has 2 heterocycles. The molecule has 0 aliphatic heterocycles. The van der Waals surface area contributed by atoms with E-state index in [0.29, 0.717) is 6.42 Å². The van der Waals surface area contributed by atoms with Crippen molar-refractivity contribution in [2.75, 3.05) is 0 Å². The van der Waals surface area contributed by atoms with E-state index in [4.69, 9.17) is 0 Å². The quantitative estimate of drug-likeness (QED) is 0.915. The van der Waals surface area contributed by atoms with Crippen molar-refractivity contribution < 1.29 is 18.0 Å². The molecular weight excluding hydrogens is 317 g/mol. The second-order valence-corrected chi connectivity index (χ2v) is 5.61. The number of rotatable bonds is 5. The van der Waals surface area contributed by atoms with Gasteiger partial charge in [-0.15, -0.1) is 11.3 Å². The number of halogens is 3. The van der Waals surface area contributed by atoms with Crippen LogP contribution in [-0.4, -0.2) is 20.4 Å². The molecule has 0 fully saturated rings. The maximum absolute atomic E-state index is 12.6. The lowest BCUT2D eigenvalue weighted by molar-refractivity contribution is -0.140. The molecule has 5 nitrogen and oxygen atoms in total. The number of amides is 1. The highest BCUT2D eigenvalue weighted by Gasteiger charge is 2.34. The summed E-state index contributed by atoms with van der Waals surface area (Å²) in [5.74, 6) is -0.298. The summed E-state index contributed by atoms with van der Waals surface area (Å²) in [5, 5.41) is 3.94. The monoisotopic (exact) mass is 332 g/mol. The molecule has 0 aromatic carbocycles. The lowest BCUT2D eigenvalue weighted by Gasteiger charge is -2.18. The van der Waals surface area contributed by atoms with E-state index in [-0.39, 0.29) is 10.9 Å². The first-order valence-corrected chi connectivity index (χ1v) is 7.51. The molecule has 0 saturated carbocycles. The maximum Gasteiger partial charge on any atom is 0.434 e. The fourth-order valence-electron chi connectivity index (χ4n) is 1.84. The average molecular weight is 332 g/mol. The van der Waals surface area contributed by atoms with Crippen LogP contribution in [0.2, 0.25) is 0 Å². The lowest BCUT2D eigenvalue weighted by atomic mass is 10.2. The smallest absolute Gasteiger partial charge is 0.345 e. The van der Waals surface area contributed by atoms with Gasteiger partial charge in [0.1, 0.15) is 11.0 Å². The molecule has 0 spiro atoms. The zero-order chi connectivity index (χ0) is 16.3. The first-order valence-electron chi connectivity index (χ1n) is 6.63. The number of aromatic nitrogens is 3. The standard InChI is InChI=1S/C13H15F3N4OS/c1-3-9(12-19-10(6-22-12)13(14,15)16)18-11(21)8(2)20-5-4-17-7-20/h4-9H,3H2,1-2H3,(H,18,21)/t8-,9+/m0/s1. The zero-order valence-corrected chi connectivity index (χ0v) is 12.8. The topological polar surface area (TPSA) is 59.8 Å². The van der Waals surface area contributed by atoms with E-state index in [0.717, 1.165) is 16.7 Å². The third-order valence-corrected chi connectivity index (χ3v) is 4.15. The summed E-state index contributed by atoms with van der Waals surface area (Å²) in [7, 11) is 0. The van der Waals surface area contributed by atoms with Gasteiger partial charge >= 0.3 is 6.18 Å². The summed E-state index contributed by atoms with van der Waals surface area (Å²) in [6.07, 6.45) is 0.693. The number of hydrogen-bond acceptors (Lipinski definition) is 4. The predicted molar refractivity (Wildman–Crippen MR) is 75.2 cm³/mol. The van der Waals surface area contributed by atoms with Gasteiger partial charge in [-0.2, -0.15) is 13.2 Å². The van der Waals surface area contributed by atoms with E-state index >= 15 is 0 Å². The third kappa shape index (κ3) is 3.65. The van der Waals surface area contributed by atoms with Crippen molar-refractivity contribution in [3.8, 4) is 0 Å². The first kappa shape index (κ1) is 16.5. The number of imidazole rings is 1. The van der Waals surface area contributed by atoms with E-state index in [1.807, 2.05) is 0 Å². The van der Waals surface area contributed by atoms with Crippen molar-refractivity contribution in [3.05, 3.63) is 34.8 Å². The van der Waals surface area contributed by atoms with Gasteiger partial charge in [-0.25, -0.2) is 9.97 Å². The maximum atomic E-state index is 12.6. The molecule has 0 aliphatic rings. The number of nitrogens with zero attached hydrogens (tertiary/aromatic N) is 3. The van der Waals surface area contributed by atoms with Crippen LogP contribution in [0.3, 0.4) is 0 Å². The van der Waals surface area contributed by atoms with E-state index in [9.17, 15) is 18.0 Å². The molecule has 0 bridgehead atoms. The van der Waals surface area contributed by atoms with Crippen LogP contribution in [0.1, 0.15) is 43.1 Å². The van der Waals surface area contributed by atoms with E-state index < -0.39 is 24.0 Å². The highest BCUT2D eigenvalue weighted by molar-refractivity contribution is 7.09. The van der Waals surface area contributed by atoms with Crippen LogP contribution >= 0.6 is 11.3 Å². The summed E-state index contributed by atoms with van der Waals surface area (Å²) in [6, 6.07) is -1.04. The summed E-state index contributed by atoms with van der Waals surface area (Å²) >= 11 is 0.895. The number of thiazole rings is 1. The largest absolute Gasteiger partial charge is 0.434 e. The Morgan fingerprint density at radius 1 is 1.50 bits per heavy atom. The van der Waals surface area contributed by atoms with Crippen LogP contribution in [0.15, 0.2) is 24.1 Å². The van der Waals surface area contributed by atoms with Gasteiger partial charge in [0, 0.05) is 17.8 Å². The molecule has 2 rings (SSSR count). The Balaban J connectivity index is 2.09. The normalized spacial score (nSPS) is 14.6. The number of alkyl halides is 3. The average Bonchev–Trinajstić information content (AvgIpc) is 3.13. The van der Waals surface area contributed by atoms with Crippen molar-refractivity contribution >= 4 is 17.2 Å². The van der Waals surface area contributed by atoms with Crippen molar-refractivity contribution in [1.82, 2.24) is 19.9 Å². The number of hydrogen-bond donors (Lipinski definition) is 1. The fraction of sp³-hybridized carbons (Fsp3) is 0.462. The summed E-state index contributed by atoms with van der Waals surface area (Å²) < 4.78 is 39.4. The Bertz CT molecular complexity index is 624. The Kier molecular flexibility index (Phi) is 4.84. The Hall–Kier alpha value is -1.90. The van der Waals surface area contributed by atoms with Gasteiger partial charge in [0.2, 0.25) is 5.91 Å². The van der Waals surface area contributed by atoms with Gasteiger partial charge in [0.05, 0.1) is 12.4 Å². The summed E-state index contributed by atoms with van der Waals surface area (Å²) in [5.41, 5.74) is -0.928. The highest BCUT2D eigenvalue weighted by atomic mass is 32.1.